The van der Waals surface area contributed by atoms with Gasteiger partial charge in [0.1, 0.15) is 0 Å². The van der Waals surface area contributed by atoms with E-state index in [0.717, 1.165) is 10.0 Å². The van der Waals surface area contributed by atoms with Crippen LogP contribution in [0, 0.1) is 6.92 Å². The van der Waals surface area contributed by atoms with Crippen molar-refractivity contribution in [2.24, 2.45) is 0 Å². The summed E-state index contributed by atoms with van der Waals surface area (Å²) < 4.78 is 2.66. The van der Waals surface area contributed by atoms with Crippen LogP contribution in [0.1, 0.15) is 18.1 Å². The van der Waals surface area contributed by atoms with Crippen molar-refractivity contribution < 1.29 is 0 Å². The molecule has 1 aromatic carbocycles. The van der Waals surface area contributed by atoms with Crippen molar-refractivity contribution >= 4 is 21.7 Å². The van der Waals surface area contributed by atoms with Crippen LogP contribution in [-0.2, 0) is 13.1 Å². The molecule has 19 heavy (non-hydrogen) atoms. The molecular formula is C14H16BrN3O. The highest BCUT2D eigenvalue weighted by atomic mass is 79.9. The van der Waals surface area contributed by atoms with Crippen LogP contribution in [0.3, 0.4) is 0 Å². The summed E-state index contributed by atoms with van der Waals surface area (Å²) in [5.41, 5.74) is 2.24. The van der Waals surface area contributed by atoms with Crippen LogP contribution in [0.15, 0.2) is 39.9 Å². The Bertz CT molecular complexity index is 637. The smallest absolute Gasteiger partial charge is 0.293 e. The molecule has 0 aliphatic rings. The third-order valence-corrected chi connectivity index (χ3v) is 3.51. The van der Waals surface area contributed by atoms with E-state index in [1.54, 1.807) is 17.0 Å². The second kappa shape index (κ2) is 6.02. The van der Waals surface area contributed by atoms with Crippen molar-refractivity contribution in [3.63, 3.8) is 0 Å². The van der Waals surface area contributed by atoms with Gasteiger partial charge in [0.15, 0.2) is 5.82 Å². The summed E-state index contributed by atoms with van der Waals surface area (Å²) in [6.07, 6.45) is 3.33. The van der Waals surface area contributed by atoms with E-state index in [2.05, 4.69) is 26.2 Å². The van der Waals surface area contributed by atoms with Crippen molar-refractivity contribution in [3.05, 3.63) is 56.5 Å². The first kappa shape index (κ1) is 13.8. The Morgan fingerprint density at radius 1 is 1.42 bits per heavy atom. The Morgan fingerprint density at radius 3 is 2.95 bits per heavy atom. The monoisotopic (exact) mass is 321 g/mol. The molecule has 1 heterocycles. The molecule has 0 spiro atoms. The van der Waals surface area contributed by atoms with Crippen LogP contribution >= 0.6 is 15.9 Å². The van der Waals surface area contributed by atoms with E-state index in [4.69, 9.17) is 0 Å². The molecule has 0 radical (unpaired) electrons. The Labute approximate surface area is 120 Å². The number of benzene rings is 1. The summed E-state index contributed by atoms with van der Waals surface area (Å²) in [5, 5.41) is 3.11. The zero-order valence-corrected chi connectivity index (χ0v) is 12.6. The van der Waals surface area contributed by atoms with Crippen LogP contribution in [0.25, 0.3) is 0 Å². The minimum atomic E-state index is -0.0855. The summed E-state index contributed by atoms with van der Waals surface area (Å²) in [6.45, 7) is 5.21. The molecule has 0 saturated heterocycles. The number of hydrogen-bond donors (Lipinski definition) is 1. The molecule has 5 heteroatoms. The fourth-order valence-corrected chi connectivity index (χ4v) is 2.24. The number of aromatic nitrogens is 2. The molecule has 0 atom stereocenters. The maximum absolute atomic E-state index is 12.0. The van der Waals surface area contributed by atoms with Crippen molar-refractivity contribution in [2.45, 2.75) is 26.9 Å². The van der Waals surface area contributed by atoms with Gasteiger partial charge in [-0.05, 0) is 37.1 Å². The second-order valence-corrected chi connectivity index (χ2v) is 5.21. The molecule has 0 bridgehead atoms. The molecule has 2 rings (SSSR count). The van der Waals surface area contributed by atoms with Gasteiger partial charge in [-0.3, -0.25) is 4.79 Å². The van der Waals surface area contributed by atoms with E-state index < -0.39 is 0 Å². The van der Waals surface area contributed by atoms with Gasteiger partial charge in [-0.15, -0.1) is 0 Å². The molecule has 0 saturated carbocycles. The van der Waals surface area contributed by atoms with Gasteiger partial charge in [0, 0.05) is 30.0 Å². The van der Waals surface area contributed by atoms with Gasteiger partial charge in [-0.2, -0.15) is 0 Å². The highest BCUT2D eigenvalue weighted by Crippen LogP contribution is 2.16. The number of rotatable bonds is 4. The van der Waals surface area contributed by atoms with Crippen LogP contribution in [0.2, 0.25) is 0 Å². The minimum Gasteiger partial charge on any atom is -0.361 e. The average Bonchev–Trinajstić information content (AvgIpc) is 2.41. The fraction of sp³-hybridized carbons (Fsp3) is 0.286. The molecule has 0 aliphatic carbocycles. The number of aryl methyl sites for hydroxylation is 2. The maximum atomic E-state index is 12.0. The third kappa shape index (κ3) is 3.23. The average molecular weight is 322 g/mol. The minimum absolute atomic E-state index is 0.0855. The van der Waals surface area contributed by atoms with Crippen LogP contribution in [0.4, 0.5) is 5.82 Å². The van der Waals surface area contributed by atoms with Crippen LogP contribution in [0.5, 0.6) is 0 Å². The van der Waals surface area contributed by atoms with E-state index >= 15 is 0 Å². The van der Waals surface area contributed by atoms with E-state index in [1.807, 2.05) is 32.0 Å². The van der Waals surface area contributed by atoms with Crippen LogP contribution < -0.4 is 10.9 Å². The lowest BCUT2D eigenvalue weighted by atomic mass is 10.1. The van der Waals surface area contributed by atoms with Gasteiger partial charge in [-0.1, -0.05) is 22.0 Å². The van der Waals surface area contributed by atoms with E-state index in [0.29, 0.717) is 18.9 Å². The molecule has 0 fully saturated rings. The Balaban J connectivity index is 2.19. The van der Waals surface area contributed by atoms with Crippen LogP contribution in [-0.4, -0.2) is 9.55 Å². The van der Waals surface area contributed by atoms with Crippen molar-refractivity contribution in [2.75, 3.05) is 5.32 Å². The first-order chi connectivity index (χ1) is 9.11. The van der Waals surface area contributed by atoms with Gasteiger partial charge < -0.3 is 9.88 Å². The predicted molar refractivity (Wildman–Crippen MR) is 80.4 cm³/mol. The van der Waals surface area contributed by atoms with Crippen molar-refractivity contribution in [1.82, 2.24) is 9.55 Å². The fourth-order valence-electron chi connectivity index (χ4n) is 1.83. The highest BCUT2D eigenvalue weighted by molar-refractivity contribution is 9.10. The summed E-state index contributed by atoms with van der Waals surface area (Å²) in [5.74, 6) is 0.392. The largest absolute Gasteiger partial charge is 0.361 e. The quantitative estimate of drug-likeness (QED) is 0.941. The molecule has 0 amide bonds. The molecule has 0 aliphatic heterocycles. The SMILES string of the molecule is CCn1ccnc(NCc2cc(Br)ccc2C)c1=O. The van der Waals surface area contributed by atoms with Gasteiger partial charge in [0.25, 0.3) is 5.56 Å². The zero-order valence-electron chi connectivity index (χ0n) is 11.0. The van der Waals surface area contributed by atoms with E-state index in [9.17, 15) is 4.79 Å². The highest BCUT2D eigenvalue weighted by Gasteiger charge is 2.05. The number of nitrogens with one attached hydrogen (secondary N) is 1. The van der Waals surface area contributed by atoms with E-state index in [1.165, 1.54) is 5.56 Å². The molecule has 1 N–H and O–H groups in total. The molecule has 100 valence electrons. The lowest BCUT2D eigenvalue weighted by Crippen LogP contribution is -2.23. The zero-order chi connectivity index (χ0) is 13.8. The number of hydrogen-bond acceptors (Lipinski definition) is 3. The summed E-state index contributed by atoms with van der Waals surface area (Å²) in [7, 11) is 0. The maximum Gasteiger partial charge on any atom is 0.293 e. The molecular weight excluding hydrogens is 306 g/mol. The van der Waals surface area contributed by atoms with E-state index in [-0.39, 0.29) is 5.56 Å². The predicted octanol–water partition coefficient (Wildman–Crippen LogP) is 2.95. The normalized spacial score (nSPS) is 10.5. The Hall–Kier alpha value is -1.62. The van der Waals surface area contributed by atoms with Gasteiger partial charge >= 0.3 is 0 Å². The van der Waals surface area contributed by atoms with Gasteiger partial charge in [0.2, 0.25) is 0 Å². The molecule has 1 aromatic heterocycles. The lowest BCUT2D eigenvalue weighted by Gasteiger charge is -2.09. The Morgan fingerprint density at radius 2 is 2.21 bits per heavy atom. The summed E-state index contributed by atoms with van der Waals surface area (Å²) in [6, 6.07) is 6.09. The summed E-state index contributed by atoms with van der Waals surface area (Å²) >= 11 is 3.45. The van der Waals surface area contributed by atoms with Gasteiger partial charge in [0.05, 0.1) is 0 Å². The first-order valence-electron chi connectivity index (χ1n) is 6.16. The lowest BCUT2D eigenvalue weighted by molar-refractivity contribution is 0.718. The Kier molecular flexibility index (Phi) is 4.37. The third-order valence-electron chi connectivity index (χ3n) is 3.01. The van der Waals surface area contributed by atoms with Crippen molar-refractivity contribution in [3.8, 4) is 0 Å². The standard InChI is InChI=1S/C14H16BrN3O/c1-3-18-7-6-16-13(14(18)19)17-9-11-8-12(15)5-4-10(11)2/h4-8H,3,9H2,1-2H3,(H,16,17). The molecule has 0 unspecified atom stereocenters. The first-order valence-corrected chi connectivity index (χ1v) is 6.95. The summed E-state index contributed by atoms with van der Waals surface area (Å²) in [4.78, 5) is 16.1. The second-order valence-electron chi connectivity index (χ2n) is 4.29. The topological polar surface area (TPSA) is 46.9 Å². The molecule has 2 aromatic rings. The number of halogens is 1. The van der Waals surface area contributed by atoms with Crippen molar-refractivity contribution in [1.29, 1.82) is 0 Å². The number of anilines is 1. The molecule has 4 nitrogen and oxygen atoms in total. The number of nitrogens with zero attached hydrogens (tertiary/aromatic N) is 2. The van der Waals surface area contributed by atoms with Gasteiger partial charge in [-0.25, -0.2) is 4.98 Å².